The van der Waals surface area contributed by atoms with Crippen LogP contribution in [0.15, 0.2) is 0 Å². The van der Waals surface area contributed by atoms with Crippen LogP contribution in [-0.2, 0) is 0 Å². The number of rotatable bonds is 2. The van der Waals surface area contributed by atoms with Crippen molar-refractivity contribution in [2.24, 2.45) is 5.41 Å². The number of nitrogens with zero attached hydrogens (tertiary/aromatic N) is 1. The van der Waals surface area contributed by atoms with Crippen molar-refractivity contribution >= 4 is 15.9 Å². The molecule has 0 heterocycles. The first kappa shape index (κ1) is 7.08. The lowest BCUT2D eigenvalue weighted by atomic mass is 10.0. The molecule has 1 aliphatic carbocycles. The molecule has 1 nitrogen and oxygen atoms in total. The Bertz CT molecular complexity index is 141. The Morgan fingerprint density at radius 2 is 2.33 bits per heavy atom. The van der Waals surface area contributed by atoms with E-state index in [4.69, 9.17) is 5.26 Å². The molecule has 0 N–H and O–H groups in total. The van der Waals surface area contributed by atoms with E-state index in [1.54, 1.807) is 0 Å². The van der Waals surface area contributed by atoms with Crippen LogP contribution in [0.1, 0.15) is 26.2 Å². The van der Waals surface area contributed by atoms with Gasteiger partial charge < -0.3 is 0 Å². The highest BCUT2D eigenvalue weighted by Gasteiger charge is 2.45. The summed E-state index contributed by atoms with van der Waals surface area (Å²) in [4.78, 5) is 0.518. The second kappa shape index (κ2) is 2.30. The summed E-state index contributed by atoms with van der Waals surface area (Å²) in [6, 6.07) is 2.22. The summed E-state index contributed by atoms with van der Waals surface area (Å²) in [5, 5.41) is 8.42. The van der Waals surface area contributed by atoms with Crippen molar-refractivity contribution < 1.29 is 0 Å². The Hall–Kier alpha value is -0.0300. The summed E-state index contributed by atoms with van der Waals surface area (Å²) in [5.41, 5.74) is 0.356. The smallest absolute Gasteiger partial charge is 0.0628 e. The molecule has 0 aromatic heterocycles. The topological polar surface area (TPSA) is 23.8 Å². The van der Waals surface area contributed by atoms with Crippen molar-refractivity contribution in [3.8, 4) is 6.07 Å². The SMILES string of the molecule is CC(Br)C1(CC#N)CC1. The van der Waals surface area contributed by atoms with Crippen LogP contribution in [0, 0.1) is 16.7 Å². The first-order chi connectivity index (χ1) is 4.21. The molecule has 1 aliphatic rings. The normalized spacial score (nSPS) is 24.6. The van der Waals surface area contributed by atoms with Gasteiger partial charge in [0.1, 0.15) is 0 Å². The fourth-order valence-corrected chi connectivity index (χ4v) is 1.65. The standard InChI is InChI=1S/C7H10BrN/c1-6(8)7(2-3-7)4-5-9/h6H,2-4H2,1H3. The summed E-state index contributed by atoms with van der Waals surface area (Å²) >= 11 is 3.51. The quantitative estimate of drug-likeness (QED) is 0.610. The van der Waals surface area contributed by atoms with Gasteiger partial charge in [0.2, 0.25) is 0 Å². The van der Waals surface area contributed by atoms with E-state index in [-0.39, 0.29) is 0 Å². The third-order valence-corrected chi connectivity index (χ3v) is 3.14. The highest BCUT2D eigenvalue weighted by molar-refractivity contribution is 9.09. The zero-order chi connectivity index (χ0) is 6.91. The molecule has 50 valence electrons. The van der Waals surface area contributed by atoms with E-state index in [9.17, 15) is 0 Å². The van der Waals surface area contributed by atoms with Crippen molar-refractivity contribution in [3.63, 3.8) is 0 Å². The number of alkyl halides is 1. The minimum Gasteiger partial charge on any atom is -0.198 e. The van der Waals surface area contributed by atoms with Gasteiger partial charge in [-0.1, -0.05) is 22.9 Å². The van der Waals surface area contributed by atoms with Crippen molar-refractivity contribution in [3.05, 3.63) is 0 Å². The number of nitriles is 1. The van der Waals surface area contributed by atoms with Gasteiger partial charge in [-0.05, 0) is 18.3 Å². The Kier molecular flexibility index (Phi) is 1.81. The molecule has 0 spiro atoms. The lowest BCUT2D eigenvalue weighted by Gasteiger charge is -2.12. The first-order valence-electron chi connectivity index (χ1n) is 3.22. The fraction of sp³-hybridized carbons (Fsp3) is 0.857. The van der Waals surface area contributed by atoms with Crippen LogP contribution >= 0.6 is 15.9 Å². The lowest BCUT2D eigenvalue weighted by molar-refractivity contribution is 0.526. The van der Waals surface area contributed by atoms with Crippen LogP contribution in [0.3, 0.4) is 0 Å². The van der Waals surface area contributed by atoms with Gasteiger partial charge >= 0.3 is 0 Å². The highest BCUT2D eigenvalue weighted by Crippen LogP contribution is 2.53. The maximum atomic E-state index is 8.42. The third-order valence-electron chi connectivity index (χ3n) is 2.17. The van der Waals surface area contributed by atoms with E-state index in [0.29, 0.717) is 10.2 Å². The van der Waals surface area contributed by atoms with Crippen molar-refractivity contribution in [2.45, 2.75) is 31.0 Å². The summed E-state index contributed by atoms with van der Waals surface area (Å²) in [6.07, 6.45) is 3.18. The molecular formula is C7H10BrN. The summed E-state index contributed by atoms with van der Waals surface area (Å²) < 4.78 is 0. The van der Waals surface area contributed by atoms with Gasteiger partial charge in [0, 0.05) is 11.2 Å². The Morgan fingerprint density at radius 3 is 2.44 bits per heavy atom. The molecule has 9 heavy (non-hydrogen) atoms. The molecule has 0 aliphatic heterocycles. The molecule has 0 bridgehead atoms. The number of halogens is 1. The molecule has 1 fully saturated rings. The molecule has 0 saturated heterocycles. The molecule has 0 amide bonds. The molecule has 1 atom stereocenters. The Labute approximate surface area is 64.2 Å². The lowest BCUT2D eigenvalue weighted by Crippen LogP contribution is -2.10. The zero-order valence-electron chi connectivity index (χ0n) is 5.52. The summed E-state index contributed by atoms with van der Waals surface area (Å²) in [6.45, 7) is 2.13. The van der Waals surface area contributed by atoms with Crippen LogP contribution in [0.4, 0.5) is 0 Å². The molecular weight excluding hydrogens is 178 g/mol. The summed E-state index contributed by atoms with van der Waals surface area (Å²) in [7, 11) is 0. The second-order valence-electron chi connectivity index (χ2n) is 2.81. The highest BCUT2D eigenvalue weighted by atomic mass is 79.9. The van der Waals surface area contributed by atoms with E-state index >= 15 is 0 Å². The molecule has 1 saturated carbocycles. The summed E-state index contributed by atoms with van der Waals surface area (Å²) in [5.74, 6) is 0. The Morgan fingerprint density at radius 1 is 1.78 bits per heavy atom. The van der Waals surface area contributed by atoms with Crippen molar-refractivity contribution in [2.75, 3.05) is 0 Å². The monoisotopic (exact) mass is 187 g/mol. The van der Waals surface area contributed by atoms with Crippen LogP contribution < -0.4 is 0 Å². The molecule has 0 aromatic carbocycles. The van der Waals surface area contributed by atoms with E-state index < -0.39 is 0 Å². The van der Waals surface area contributed by atoms with Gasteiger partial charge in [0.15, 0.2) is 0 Å². The van der Waals surface area contributed by atoms with Crippen molar-refractivity contribution in [1.29, 1.82) is 5.26 Å². The average molecular weight is 188 g/mol. The second-order valence-corrected chi connectivity index (χ2v) is 4.19. The largest absolute Gasteiger partial charge is 0.198 e. The average Bonchev–Trinajstić information content (AvgIpc) is 2.49. The van der Waals surface area contributed by atoms with E-state index in [1.807, 2.05) is 0 Å². The number of hydrogen-bond acceptors (Lipinski definition) is 1. The fourth-order valence-electron chi connectivity index (χ4n) is 1.03. The van der Waals surface area contributed by atoms with E-state index in [2.05, 4.69) is 28.9 Å². The van der Waals surface area contributed by atoms with Crippen molar-refractivity contribution in [1.82, 2.24) is 0 Å². The zero-order valence-corrected chi connectivity index (χ0v) is 7.11. The molecule has 0 aromatic rings. The minimum atomic E-state index is 0.356. The van der Waals surface area contributed by atoms with Crippen LogP contribution in [0.25, 0.3) is 0 Å². The van der Waals surface area contributed by atoms with Gasteiger partial charge in [0.05, 0.1) is 6.07 Å². The maximum Gasteiger partial charge on any atom is 0.0628 e. The van der Waals surface area contributed by atoms with Crippen LogP contribution in [0.2, 0.25) is 0 Å². The predicted molar refractivity (Wildman–Crippen MR) is 40.3 cm³/mol. The molecule has 1 unspecified atom stereocenters. The molecule has 1 rings (SSSR count). The number of hydrogen-bond donors (Lipinski definition) is 0. The van der Waals surface area contributed by atoms with Gasteiger partial charge in [-0.2, -0.15) is 5.26 Å². The third kappa shape index (κ3) is 1.27. The molecule has 2 heteroatoms. The van der Waals surface area contributed by atoms with Gasteiger partial charge in [-0.3, -0.25) is 0 Å². The molecule has 0 radical (unpaired) electrons. The minimum absolute atomic E-state index is 0.356. The Balaban J connectivity index is 2.45. The van der Waals surface area contributed by atoms with E-state index in [0.717, 1.165) is 6.42 Å². The van der Waals surface area contributed by atoms with Gasteiger partial charge in [-0.25, -0.2) is 0 Å². The maximum absolute atomic E-state index is 8.42. The van der Waals surface area contributed by atoms with Crippen LogP contribution in [0.5, 0.6) is 0 Å². The van der Waals surface area contributed by atoms with Gasteiger partial charge in [0.25, 0.3) is 0 Å². The van der Waals surface area contributed by atoms with E-state index in [1.165, 1.54) is 12.8 Å². The van der Waals surface area contributed by atoms with Gasteiger partial charge in [-0.15, -0.1) is 0 Å². The van der Waals surface area contributed by atoms with Crippen LogP contribution in [-0.4, -0.2) is 4.83 Å². The first-order valence-corrected chi connectivity index (χ1v) is 4.14. The predicted octanol–water partition coefficient (Wildman–Crippen LogP) is 2.46.